The van der Waals surface area contributed by atoms with Crippen molar-refractivity contribution in [2.45, 2.75) is 22.1 Å². The quantitative estimate of drug-likeness (QED) is 0.272. The molecular formula is C31H22N2OS. The van der Waals surface area contributed by atoms with E-state index >= 15 is 0 Å². The van der Waals surface area contributed by atoms with Crippen LogP contribution in [0.3, 0.4) is 0 Å². The SMILES string of the molecule is Cc1ccc2c(c1)N1c3ncccc3C(c3ccccc3)(c3ccccc3)c3cccc(c31)S2=O. The Balaban J connectivity index is 1.69. The highest BCUT2D eigenvalue weighted by Crippen LogP contribution is 2.60. The molecule has 2 aliphatic heterocycles. The lowest BCUT2D eigenvalue weighted by atomic mass is 9.63. The van der Waals surface area contributed by atoms with Crippen molar-refractivity contribution in [3.8, 4) is 0 Å². The Hall–Kier alpha value is -4.02. The summed E-state index contributed by atoms with van der Waals surface area (Å²) in [4.78, 5) is 8.85. The topological polar surface area (TPSA) is 33.2 Å². The first-order valence-corrected chi connectivity index (χ1v) is 12.9. The van der Waals surface area contributed by atoms with Gasteiger partial charge >= 0.3 is 0 Å². The van der Waals surface area contributed by atoms with Crippen LogP contribution in [0.4, 0.5) is 17.2 Å². The second kappa shape index (κ2) is 7.49. The number of benzene rings is 4. The second-order valence-corrected chi connectivity index (χ2v) is 10.5. The molecule has 35 heavy (non-hydrogen) atoms. The third kappa shape index (κ3) is 2.66. The summed E-state index contributed by atoms with van der Waals surface area (Å²) >= 11 is 0. The number of rotatable bonds is 2. The summed E-state index contributed by atoms with van der Waals surface area (Å²) in [6.45, 7) is 2.08. The number of para-hydroxylation sites is 1. The van der Waals surface area contributed by atoms with E-state index in [4.69, 9.17) is 4.98 Å². The molecule has 4 heteroatoms. The summed E-state index contributed by atoms with van der Waals surface area (Å²) in [6.07, 6.45) is 1.86. The molecule has 0 N–H and O–H groups in total. The standard InChI is InChI=1S/C31H22N2OS/c1-21-17-18-27-26(20-21)33-29-24(14-8-16-28(29)35(27)34)31(22-10-4-2-5-11-22,23-12-6-3-7-13-23)25-15-9-19-32-30(25)33/h2-20H,1H3. The van der Waals surface area contributed by atoms with Gasteiger partial charge in [0.05, 0.1) is 37.4 Å². The fourth-order valence-corrected chi connectivity index (χ4v) is 7.15. The van der Waals surface area contributed by atoms with Gasteiger partial charge in [-0.15, -0.1) is 0 Å². The molecule has 1 atom stereocenters. The first kappa shape index (κ1) is 20.4. The molecule has 0 amide bonds. The smallest absolute Gasteiger partial charge is 0.142 e. The molecule has 1 unspecified atom stereocenters. The van der Waals surface area contributed by atoms with Gasteiger partial charge in [-0.05, 0) is 53.4 Å². The minimum absolute atomic E-state index is 0.598. The second-order valence-electron chi connectivity index (χ2n) is 9.08. The van der Waals surface area contributed by atoms with Crippen LogP contribution in [-0.4, -0.2) is 9.19 Å². The fraction of sp³-hybridized carbons (Fsp3) is 0.0645. The van der Waals surface area contributed by atoms with Crippen molar-refractivity contribution < 1.29 is 4.21 Å². The summed E-state index contributed by atoms with van der Waals surface area (Å²) in [7, 11) is -1.29. The maximum absolute atomic E-state index is 13.9. The van der Waals surface area contributed by atoms with Crippen molar-refractivity contribution in [3.63, 3.8) is 0 Å². The first-order valence-electron chi connectivity index (χ1n) is 11.7. The van der Waals surface area contributed by atoms with Crippen LogP contribution in [0.1, 0.15) is 27.8 Å². The number of fused-ring (bicyclic) bond motifs is 4. The van der Waals surface area contributed by atoms with Gasteiger partial charge in [0.15, 0.2) is 0 Å². The average Bonchev–Trinajstić information content (AvgIpc) is 2.91. The molecule has 1 aromatic heterocycles. The highest BCUT2D eigenvalue weighted by molar-refractivity contribution is 7.85. The molecule has 3 nitrogen and oxygen atoms in total. The van der Waals surface area contributed by atoms with Crippen molar-refractivity contribution in [2.75, 3.05) is 4.90 Å². The molecular weight excluding hydrogens is 448 g/mol. The number of nitrogens with zero attached hydrogens (tertiary/aromatic N) is 2. The van der Waals surface area contributed by atoms with Crippen LogP contribution in [0.15, 0.2) is 125 Å². The Bertz CT molecular complexity index is 1590. The zero-order valence-electron chi connectivity index (χ0n) is 19.2. The molecule has 3 heterocycles. The molecule has 4 aromatic carbocycles. The monoisotopic (exact) mass is 470 g/mol. The number of hydrogen-bond donors (Lipinski definition) is 0. The minimum atomic E-state index is -1.29. The van der Waals surface area contributed by atoms with E-state index in [1.165, 1.54) is 0 Å². The van der Waals surface area contributed by atoms with Crippen LogP contribution in [0, 0.1) is 6.92 Å². The van der Waals surface area contributed by atoms with Gasteiger partial charge in [0, 0.05) is 11.8 Å². The predicted molar refractivity (Wildman–Crippen MR) is 140 cm³/mol. The Labute approximate surface area is 207 Å². The van der Waals surface area contributed by atoms with Crippen molar-refractivity contribution in [3.05, 3.63) is 143 Å². The van der Waals surface area contributed by atoms with Crippen LogP contribution in [0.2, 0.25) is 0 Å². The Morgan fingerprint density at radius 1 is 0.714 bits per heavy atom. The zero-order chi connectivity index (χ0) is 23.6. The van der Waals surface area contributed by atoms with E-state index in [2.05, 4.69) is 90.7 Å². The average molecular weight is 471 g/mol. The molecule has 0 spiro atoms. The van der Waals surface area contributed by atoms with E-state index in [0.29, 0.717) is 0 Å². The van der Waals surface area contributed by atoms with Gasteiger partial charge in [-0.3, -0.25) is 4.90 Å². The zero-order valence-corrected chi connectivity index (χ0v) is 20.0. The lowest BCUT2D eigenvalue weighted by Crippen LogP contribution is -2.39. The molecule has 0 saturated carbocycles. The maximum atomic E-state index is 13.9. The van der Waals surface area contributed by atoms with Crippen molar-refractivity contribution in [1.29, 1.82) is 0 Å². The Kier molecular flexibility index (Phi) is 4.36. The van der Waals surface area contributed by atoms with Gasteiger partial charge < -0.3 is 0 Å². The lowest BCUT2D eigenvalue weighted by Gasteiger charge is -2.47. The number of anilines is 3. The van der Waals surface area contributed by atoms with E-state index in [0.717, 1.165) is 54.8 Å². The molecule has 5 aromatic rings. The van der Waals surface area contributed by atoms with Crippen LogP contribution in [0.25, 0.3) is 0 Å². The molecule has 168 valence electrons. The molecule has 0 aliphatic carbocycles. The van der Waals surface area contributed by atoms with Crippen LogP contribution >= 0.6 is 0 Å². The molecule has 0 bridgehead atoms. The van der Waals surface area contributed by atoms with Crippen LogP contribution in [-0.2, 0) is 16.2 Å². The molecule has 2 aliphatic rings. The minimum Gasteiger partial charge on any atom is -0.292 e. The summed E-state index contributed by atoms with van der Waals surface area (Å²) < 4.78 is 13.9. The lowest BCUT2D eigenvalue weighted by molar-refractivity contribution is 0.678. The normalized spacial score (nSPS) is 16.7. The summed E-state index contributed by atoms with van der Waals surface area (Å²) in [5.74, 6) is 0.878. The van der Waals surface area contributed by atoms with Crippen molar-refractivity contribution in [1.82, 2.24) is 4.98 Å². The number of pyridine rings is 1. The summed E-state index contributed by atoms with van der Waals surface area (Å²) in [5, 5.41) is 0. The van der Waals surface area contributed by atoms with Gasteiger partial charge in [-0.25, -0.2) is 9.19 Å². The van der Waals surface area contributed by atoms with Crippen LogP contribution in [0.5, 0.6) is 0 Å². The Morgan fingerprint density at radius 2 is 1.40 bits per heavy atom. The highest BCUT2D eigenvalue weighted by atomic mass is 32.2. The molecule has 0 saturated heterocycles. The third-order valence-electron chi connectivity index (χ3n) is 7.20. The number of hydrogen-bond acceptors (Lipinski definition) is 3. The molecule has 0 fully saturated rings. The van der Waals surface area contributed by atoms with E-state index in [1.807, 2.05) is 36.5 Å². The van der Waals surface area contributed by atoms with Gasteiger partial charge in [0.2, 0.25) is 0 Å². The predicted octanol–water partition coefficient (Wildman–Crippen LogP) is 7.04. The Morgan fingerprint density at radius 3 is 2.11 bits per heavy atom. The van der Waals surface area contributed by atoms with Crippen molar-refractivity contribution in [2.24, 2.45) is 0 Å². The van der Waals surface area contributed by atoms with E-state index in [1.54, 1.807) is 0 Å². The highest BCUT2D eigenvalue weighted by Gasteiger charge is 2.49. The van der Waals surface area contributed by atoms with E-state index < -0.39 is 16.2 Å². The van der Waals surface area contributed by atoms with Crippen molar-refractivity contribution >= 4 is 28.0 Å². The van der Waals surface area contributed by atoms with E-state index in [9.17, 15) is 4.21 Å². The van der Waals surface area contributed by atoms with Crippen LogP contribution < -0.4 is 4.90 Å². The molecule has 0 radical (unpaired) electrons. The summed E-state index contributed by atoms with van der Waals surface area (Å²) in [6, 6.07) is 37.8. The van der Waals surface area contributed by atoms with E-state index in [-0.39, 0.29) is 0 Å². The van der Waals surface area contributed by atoms with Gasteiger partial charge in [-0.1, -0.05) is 84.9 Å². The number of aromatic nitrogens is 1. The third-order valence-corrected chi connectivity index (χ3v) is 8.67. The van der Waals surface area contributed by atoms with Gasteiger partial charge in [-0.2, -0.15) is 0 Å². The number of aryl methyl sites for hydroxylation is 1. The van der Waals surface area contributed by atoms with Gasteiger partial charge in [0.1, 0.15) is 5.82 Å². The maximum Gasteiger partial charge on any atom is 0.142 e. The molecule has 7 rings (SSSR count). The fourth-order valence-electron chi connectivity index (χ4n) is 5.80. The first-order chi connectivity index (χ1) is 17.2. The van der Waals surface area contributed by atoms with Gasteiger partial charge in [0.25, 0.3) is 0 Å². The summed E-state index contributed by atoms with van der Waals surface area (Å²) in [5.41, 5.74) is 7.00. The largest absolute Gasteiger partial charge is 0.292 e.